The highest BCUT2D eigenvalue weighted by Crippen LogP contribution is 2.07. The molecule has 2 rings (SSSR count). The maximum absolute atomic E-state index is 8.91. The van der Waals surface area contributed by atoms with E-state index in [1.54, 1.807) is 17.4 Å². The van der Waals surface area contributed by atoms with Gasteiger partial charge in [-0.15, -0.1) is 24.0 Å². The molecule has 2 N–H and O–H groups in total. The molecular formula is C16H19IN4S. The summed E-state index contributed by atoms with van der Waals surface area (Å²) < 4.78 is 0. The van der Waals surface area contributed by atoms with Crippen LogP contribution in [0.3, 0.4) is 0 Å². The average molecular weight is 426 g/mol. The van der Waals surface area contributed by atoms with Gasteiger partial charge in [-0.2, -0.15) is 16.6 Å². The first kappa shape index (κ1) is 18.5. The zero-order valence-corrected chi connectivity index (χ0v) is 15.5. The van der Waals surface area contributed by atoms with Gasteiger partial charge in [0.2, 0.25) is 0 Å². The van der Waals surface area contributed by atoms with Gasteiger partial charge in [0.05, 0.1) is 18.2 Å². The third kappa shape index (κ3) is 6.03. The summed E-state index contributed by atoms with van der Waals surface area (Å²) in [6.07, 6.45) is 0. The van der Waals surface area contributed by atoms with Gasteiger partial charge in [0.15, 0.2) is 5.96 Å². The van der Waals surface area contributed by atoms with Crippen LogP contribution in [0.1, 0.15) is 23.6 Å². The van der Waals surface area contributed by atoms with Crippen molar-refractivity contribution in [3.8, 4) is 6.07 Å². The van der Waals surface area contributed by atoms with E-state index in [2.05, 4.69) is 38.5 Å². The predicted molar refractivity (Wildman–Crippen MR) is 103 cm³/mol. The minimum absolute atomic E-state index is 0. The number of rotatable bonds is 5. The molecule has 0 saturated carbocycles. The molecule has 6 heteroatoms. The molecular weight excluding hydrogens is 407 g/mol. The van der Waals surface area contributed by atoms with E-state index >= 15 is 0 Å². The van der Waals surface area contributed by atoms with E-state index < -0.39 is 0 Å². The monoisotopic (exact) mass is 426 g/mol. The van der Waals surface area contributed by atoms with E-state index in [1.807, 2.05) is 25.1 Å². The summed E-state index contributed by atoms with van der Waals surface area (Å²) >= 11 is 1.68. The van der Waals surface area contributed by atoms with Gasteiger partial charge >= 0.3 is 0 Å². The summed E-state index contributed by atoms with van der Waals surface area (Å²) in [6, 6.07) is 11.8. The summed E-state index contributed by atoms with van der Waals surface area (Å²) in [5, 5.41) is 19.6. The van der Waals surface area contributed by atoms with Crippen LogP contribution >= 0.6 is 35.3 Å². The fraction of sp³-hybridized carbons (Fsp3) is 0.250. The molecule has 0 spiro atoms. The van der Waals surface area contributed by atoms with Gasteiger partial charge in [-0.25, -0.2) is 4.99 Å². The van der Waals surface area contributed by atoms with Crippen LogP contribution in [0.25, 0.3) is 0 Å². The third-order valence-corrected chi connectivity index (χ3v) is 3.59. The molecule has 116 valence electrons. The Morgan fingerprint density at radius 1 is 1.27 bits per heavy atom. The van der Waals surface area contributed by atoms with Crippen LogP contribution in [-0.4, -0.2) is 12.5 Å². The van der Waals surface area contributed by atoms with Crippen molar-refractivity contribution in [1.29, 1.82) is 5.26 Å². The molecule has 1 aromatic carbocycles. The first-order valence-electron chi connectivity index (χ1n) is 6.84. The van der Waals surface area contributed by atoms with E-state index in [0.29, 0.717) is 18.7 Å². The highest BCUT2D eigenvalue weighted by Gasteiger charge is 2.00. The van der Waals surface area contributed by atoms with Gasteiger partial charge in [-0.3, -0.25) is 0 Å². The fourth-order valence-corrected chi connectivity index (χ4v) is 2.49. The minimum Gasteiger partial charge on any atom is -0.357 e. The zero-order chi connectivity index (χ0) is 14.9. The molecule has 0 saturated heterocycles. The zero-order valence-electron chi connectivity index (χ0n) is 12.4. The molecule has 0 atom stereocenters. The highest BCUT2D eigenvalue weighted by atomic mass is 127. The molecule has 0 aliphatic carbocycles. The first-order chi connectivity index (χ1) is 10.3. The van der Waals surface area contributed by atoms with Crippen molar-refractivity contribution in [2.24, 2.45) is 4.99 Å². The van der Waals surface area contributed by atoms with Crippen molar-refractivity contribution in [1.82, 2.24) is 10.6 Å². The average Bonchev–Trinajstić information content (AvgIpc) is 3.03. The molecule has 0 aliphatic rings. The number of benzene rings is 1. The number of thiophene rings is 1. The number of halogens is 1. The van der Waals surface area contributed by atoms with Crippen molar-refractivity contribution in [3.63, 3.8) is 0 Å². The molecule has 0 aliphatic heterocycles. The molecule has 0 fully saturated rings. The molecule has 22 heavy (non-hydrogen) atoms. The topological polar surface area (TPSA) is 60.2 Å². The van der Waals surface area contributed by atoms with Crippen LogP contribution in [-0.2, 0) is 13.1 Å². The second-order valence-electron chi connectivity index (χ2n) is 4.49. The number of guanidine groups is 1. The lowest BCUT2D eigenvalue weighted by Gasteiger charge is -2.11. The summed E-state index contributed by atoms with van der Waals surface area (Å²) in [6.45, 7) is 4.16. The lowest BCUT2D eigenvalue weighted by molar-refractivity contribution is 0.816. The van der Waals surface area contributed by atoms with E-state index in [4.69, 9.17) is 5.26 Å². The standard InChI is InChI=1S/C16H18N4S.HI/c1-2-18-16(20-11-15-6-7-21-12-15)19-10-14-5-3-4-13(8-14)9-17;/h3-8,12H,2,10-11H2,1H3,(H2,18,19,20);1H. The number of hydrogen-bond acceptors (Lipinski definition) is 3. The van der Waals surface area contributed by atoms with Crippen LogP contribution in [0.4, 0.5) is 0 Å². The van der Waals surface area contributed by atoms with Gasteiger partial charge in [0.1, 0.15) is 0 Å². The largest absolute Gasteiger partial charge is 0.357 e. The van der Waals surface area contributed by atoms with Crippen molar-refractivity contribution in [2.45, 2.75) is 20.0 Å². The maximum atomic E-state index is 8.91. The molecule has 1 heterocycles. The second-order valence-corrected chi connectivity index (χ2v) is 5.27. The number of hydrogen-bond donors (Lipinski definition) is 2. The van der Waals surface area contributed by atoms with Gasteiger partial charge in [-0.1, -0.05) is 12.1 Å². The molecule has 0 radical (unpaired) electrons. The van der Waals surface area contributed by atoms with Crippen molar-refractivity contribution < 1.29 is 0 Å². The Labute approximate surface area is 152 Å². The predicted octanol–water partition coefficient (Wildman–Crippen LogP) is 3.49. The smallest absolute Gasteiger partial charge is 0.191 e. The molecule has 0 amide bonds. The SMILES string of the molecule is CCNC(=NCc1ccsc1)NCc1cccc(C#N)c1.I. The second kappa shape index (κ2) is 10.2. The van der Waals surface area contributed by atoms with Crippen LogP contribution < -0.4 is 10.6 Å². The van der Waals surface area contributed by atoms with Gasteiger partial charge in [0, 0.05) is 13.1 Å². The van der Waals surface area contributed by atoms with Crippen molar-refractivity contribution >= 4 is 41.3 Å². The summed E-state index contributed by atoms with van der Waals surface area (Å²) in [7, 11) is 0. The summed E-state index contributed by atoms with van der Waals surface area (Å²) in [4.78, 5) is 4.55. The fourth-order valence-electron chi connectivity index (χ4n) is 1.83. The summed E-state index contributed by atoms with van der Waals surface area (Å²) in [5.74, 6) is 0.783. The Morgan fingerprint density at radius 3 is 2.82 bits per heavy atom. The quantitative estimate of drug-likeness (QED) is 0.437. The van der Waals surface area contributed by atoms with Crippen LogP contribution in [0.5, 0.6) is 0 Å². The van der Waals surface area contributed by atoms with Crippen molar-refractivity contribution in [2.75, 3.05) is 6.54 Å². The van der Waals surface area contributed by atoms with Crippen LogP contribution in [0.15, 0.2) is 46.1 Å². The number of nitriles is 1. The van der Waals surface area contributed by atoms with Crippen LogP contribution in [0.2, 0.25) is 0 Å². The maximum Gasteiger partial charge on any atom is 0.191 e. The lowest BCUT2D eigenvalue weighted by Crippen LogP contribution is -2.36. The highest BCUT2D eigenvalue weighted by molar-refractivity contribution is 14.0. The molecule has 0 bridgehead atoms. The van der Waals surface area contributed by atoms with E-state index in [9.17, 15) is 0 Å². The van der Waals surface area contributed by atoms with Gasteiger partial charge in [0.25, 0.3) is 0 Å². The van der Waals surface area contributed by atoms with Crippen LogP contribution in [0, 0.1) is 11.3 Å². The first-order valence-corrected chi connectivity index (χ1v) is 7.78. The Balaban J connectivity index is 0.00000242. The van der Waals surface area contributed by atoms with Crippen molar-refractivity contribution in [3.05, 3.63) is 57.8 Å². The Hall–Kier alpha value is -1.59. The van der Waals surface area contributed by atoms with E-state index in [1.165, 1.54) is 5.56 Å². The van der Waals surface area contributed by atoms with Gasteiger partial charge in [-0.05, 0) is 47.0 Å². The Morgan fingerprint density at radius 2 is 2.14 bits per heavy atom. The van der Waals surface area contributed by atoms with E-state index in [0.717, 1.165) is 18.1 Å². The Kier molecular flexibility index (Phi) is 8.55. The van der Waals surface area contributed by atoms with E-state index in [-0.39, 0.29) is 24.0 Å². The normalized spacial score (nSPS) is 10.5. The lowest BCUT2D eigenvalue weighted by atomic mass is 10.1. The molecule has 4 nitrogen and oxygen atoms in total. The number of nitrogens with one attached hydrogen (secondary N) is 2. The Bertz CT molecular complexity index is 632. The number of nitrogens with zero attached hydrogens (tertiary/aromatic N) is 2. The molecule has 0 unspecified atom stereocenters. The summed E-state index contributed by atoms with van der Waals surface area (Å²) in [5.41, 5.74) is 2.95. The molecule has 1 aromatic heterocycles. The van der Waals surface area contributed by atoms with Gasteiger partial charge < -0.3 is 10.6 Å². The third-order valence-electron chi connectivity index (χ3n) is 2.86. The number of aliphatic imine (C=N–C) groups is 1. The minimum atomic E-state index is 0. The molecule has 2 aromatic rings.